The lowest BCUT2D eigenvalue weighted by atomic mass is 9.72. The van der Waals surface area contributed by atoms with E-state index in [1.807, 2.05) is 0 Å². The van der Waals surface area contributed by atoms with Crippen molar-refractivity contribution in [2.45, 2.75) is 32.8 Å². The zero-order valence-electron chi connectivity index (χ0n) is 17.7. The number of aromatic nitrogens is 2. The van der Waals surface area contributed by atoms with Crippen LogP contribution in [-0.4, -0.2) is 74.8 Å². The Labute approximate surface area is 179 Å². The monoisotopic (exact) mass is 433 g/mol. The molecule has 31 heavy (non-hydrogen) atoms. The van der Waals surface area contributed by atoms with Gasteiger partial charge in [0.1, 0.15) is 22.7 Å². The van der Waals surface area contributed by atoms with Gasteiger partial charge in [0.05, 0.1) is 13.2 Å². The Balaban J connectivity index is 0.00000107. The number of hydrogen-bond donors (Lipinski definition) is 4. The minimum Gasteiger partial charge on any atom is -0.497 e. The lowest BCUT2D eigenvalue weighted by molar-refractivity contribution is -0.161. The van der Waals surface area contributed by atoms with Crippen LogP contribution in [0.25, 0.3) is 0 Å². The smallest absolute Gasteiger partial charge is 0.314 e. The third-order valence-electron chi connectivity index (χ3n) is 5.36. The molecule has 2 atom stereocenters. The number of nitrogens with one attached hydrogen (secondary N) is 1. The van der Waals surface area contributed by atoms with E-state index in [2.05, 4.69) is 9.97 Å². The molecule has 1 fully saturated rings. The van der Waals surface area contributed by atoms with Gasteiger partial charge >= 0.3 is 5.97 Å². The summed E-state index contributed by atoms with van der Waals surface area (Å²) in [6.45, 7) is 3.45. The summed E-state index contributed by atoms with van der Waals surface area (Å²) in [6.07, 6.45) is -0.796. The van der Waals surface area contributed by atoms with Crippen molar-refractivity contribution in [1.29, 1.82) is 0 Å². The van der Waals surface area contributed by atoms with Crippen LogP contribution in [0.4, 0.5) is 0 Å². The molecule has 4 N–H and O–H groups in total. The molecule has 168 valence electrons. The van der Waals surface area contributed by atoms with Crippen molar-refractivity contribution in [3.8, 4) is 5.75 Å². The van der Waals surface area contributed by atoms with E-state index in [1.165, 1.54) is 12.0 Å². The summed E-state index contributed by atoms with van der Waals surface area (Å²) >= 11 is 0. The Hall–Kier alpha value is -3.40. The summed E-state index contributed by atoms with van der Waals surface area (Å²) in [5.74, 6) is -0.224. The third kappa shape index (κ3) is 5.21. The molecule has 10 nitrogen and oxygen atoms in total. The van der Waals surface area contributed by atoms with Crippen LogP contribution in [0.3, 0.4) is 0 Å². The van der Waals surface area contributed by atoms with Gasteiger partial charge in [-0.15, -0.1) is 0 Å². The van der Waals surface area contributed by atoms with Crippen LogP contribution < -0.4 is 4.74 Å². The van der Waals surface area contributed by atoms with Gasteiger partial charge in [-0.1, -0.05) is 12.1 Å². The molecule has 1 aliphatic heterocycles. The van der Waals surface area contributed by atoms with E-state index in [0.717, 1.165) is 5.56 Å². The van der Waals surface area contributed by atoms with Crippen molar-refractivity contribution < 1.29 is 34.4 Å². The number of nitrogens with zero attached hydrogens (tertiary/aromatic N) is 2. The first-order valence-corrected chi connectivity index (χ1v) is 9.63. The zero-order valence-corrected chi connectivity index (χ0v) is 17.7. The van der Waals surface area contributed by atoms with E-state index in [4.69, 9.17) is 14.6 Å². The number of amides is 1. The molecule has 10 heteroatoms. The van der Waals surface area contributed by atoms with Crippen molar-refractivity contribution in [2.24, 2.45) is 5.41 Å². The van der Waals surface area contributed by atoms with E-state index in [-0.39, 0.29) is 44.0 Å². The van der Waals surface area contributed by atoms with Gasteiger partial charge in [-0.25, -0.2) is 4.98 Å². The van der Waals surface area contributed by atoms with Crippen LogP contribution in [-0.2, 0) is 16.0 Å². The van der Waals surface area contributed by atoms with Gasteiger partial charge < -0.3 is 29.9 Å². The molecule has 1 aromatic heterocycles. The number of carbonyl (C=O) groups is 3. The molecule has 3 rings (SSSR count). The number of likely N-dealkylation sites (tertiary alicyclic amines) is 1. The summed E-state index contributed by atoms with van der Waals surface area (Å²) in [7, 11) is 1.54. The normalized spacial score (nSPS) is 20.4. The number of methoxy groups -OCH3 is 1. The number of rotatable bonds is 5. The van der Waals surface area contributed by atoms with E-state index < -0.39 is 17.5 Å². The number of carboxylic acids is 1. The molecule has 0 radical (unpaired) electrons. The molecule has 2 heterocycles. The average molecular weight is 433 g/mol. The SMILES string of the molecule is COc1cccc(C[C@@]2(C(=O)O)CN(C(=O)c3nc(C)[nH]c3C)CC[C@@H]2O)c1.O=CO. The van der Waals surface area contributed by atoms with Crippen LogP contribution in [0.1, 0.15) is 34.0 Å². The molecule has 1 amide bonds. The number of carbonyl (C=O) groups excluding carboxylic acids is 1. The summed E-state index contributed by atoms with van der Waals surface area (Å²) in [6, 6.07) is 7.09. The van der Waals surface area contributed by atoms with Crippen LogP contribution in [0, 0.1) is 19.3 Å². The predicted octanol–water partition coefficient (Wildman–Crippen LogP) is 1.26. The van der Waals surface area contributed by atoms with Gasteiger partial charge in [0, 0.05) is 18.8 Å². The van der Waals surface area contributed by atoms with Crippen LogP contribution in [0.15, 0.2) is 24.3 Å². The highest BCUT2D eigenvalue weighted by Crippen LogP contribution is 2.36. The number of aliphatic carboxylic acids is 1. The highest BCUT2D eigenvalue weighted by molar-refractivity contribution is 5.94. The first-order chi connectivity index (χ1) is 14.7. The molecule has 1 saturated heterocycles. The fourth-order valence-corrected chi connectivity index (χ4v) is 3.83. The van der Waals surface area contributed by atoms with Crippen LogP contribution >= 0.6 is 0 Å². The molecule has 0 spiro atoms. The lowest BCUT2D eigenvalue weighted by Crippen LogP contribution is -2.58. The molecule has 0 unspecified atom stereocenters. The zero-order chi connectivity index (χ0) is 23.2. The quantitative estimate of drug-likeness (QED) is 0.514. The first kappa shape index (κ1) is 23.9. The largest absolute Gasteiger partial charge is 0.497 e. The van der Waals surface area contributed by atoms with E-state index in [9.17, 15) is 19.8 Å². The summed E-state index contributed by atoms with van der Waals surface area (Å²) in [5.41, 5.74) is 0.151. The van der Waals surface area contributed by atoms with Gasteiger partial charge in [0.15, 0.2) is 0 Å². The fourth-order valence-electron chi connectivity index (χ4n) is 3.83. The molecule has 1 aliphatic rings. The van der Waals surface area contributed by atoms with Crippen LogP contribution in [0.5, 0.6) is 5.75 Å². The number of imidazole rings is 1. The molecule has 0 saturated carbocycles. The third-order valence-corrected chi connectivity index (χ3v) is 5.36. The van der Waals surface area contributed by atoms with Crippen LogP contribution in [0.2, 0.25) is 0 Å². The van der Waals surface area contributed by atoms with Gasteiger partial charge in [-0.2, -0.15) is 0 Å². The second-order valence-electron chi connectivity index (χ2n) is 7.42. The maximum Gasteiger partial charge on any atom is 0.314 e. The van der Waals surface area contributed by atoms with Crippen molar-refractivity contribution in [3.05, 3.63) is 47.0 Å². The topological polar surface area (TPSA) is 153 Å². The molecule has 0 aliphatic carbocycles. The number of H-pyrrole nitrogens is 1. The number of aryl methyl sites for hydroxylation is 2. The molecule has 2 aromatic rings. The van der Waals surface area contributed by atoms with Gasteiger partial charge in [0.2, 0.25) is 0 Å². The number of aliphatic hydroxyl groups excluding tert-OH is 1. The Kier molecular flexibility index (Phi) is 7.76. The van der Waals surface area contributed by atoms with Gasteiger partial charge in [-0.3, -0.25) is 14.4 Å². The standard InChI is InChI=1S/C20H25N3O5.CH2O2/c1-12-17(22-13(2)21-12)18(25)23-8-7-16(24)20(11-23,19(26)27)10-14-5-4-6-15(9-14)28-3;2-1-3/h4-6,9,16,24H,7-8,10-11H2,1-3H3,(H,21,22)(H,26,27);1H,(H,2,3)/t16-,20+;/m0./s1. The van der Waals surface area contributed by atoms with Crippen molar-refractivity contribution in [2.75, 3.05) is 20.2 Å². The summed E-state index contributed by atoms with van der Waals surface area (Å²) < 4.78 is 5.21. The number of ether oxygens (including phenoxy) is 1. The van der Waals surface area contributed by atoms with Gasteiger partial charge in [0.25, 0.3) is 12.4 Å². The van der Waals surface area contributed by atoms with E-state index in [1.54, 1.807) is 38.1 Å². The number of carboxylic acid groups (broad SMARTS) is 2. The average Bonchev–Trinajstić information content (AvgIpc) is 3.07. The Morgan fingerprint density at radius 2 is 2.06 bits per heavy atom. The van der Waals surface area contributed by atoms with Gasteiger partial charge in [-0.05, 0) is 44.4 Å². The lowest BCUT2D eigenvalue weighted by Gasteiger charge is -2.43. The Bertz CT molecular complexity index is 943. The molecular formula is C21H27N3O7. The predicted molar refractivity (Wildman–Crippen MR) is 110 cm³/mol. The summed E-state index contributed by atoms with van der Waals surface area (Å²) in [4.78, 5) is 42.3. The van der Waals surface area contributed by atoms with E-state index in [0.29, 0.717) is 17.3 Å². The first-order valence-electron chi connectivity index (χ1n) is 9.63. The van der Waals surface area contributed by atoms with Crippen molar-refractivity contribution in [1.82, 2.24) is 14.9 Å². The molecule has 0 bridgehead atoms. The number of hydrogen-bond acceptors (Lipinski definition) is 6. The highest BCUT2D eigenvalue weighted by atomic mass is 16.5. The number of piperidine rings is 1. The van der Waals surface area contributed by atoms with Crippen molar-refractivity contribution in [3.63, 3.8) is 0 Å². The summed E-state index contributed by atoms with van der Waals surface area (Å²) in [5, 5.41) is 27.5. The van der Waals surface area contributed by atoms with Crippen molar-refractivity contribution >= 4 is 18.3 Å². The molecule has 1 aromatic carbocycles. The number of aliphatic hydroxyl groups is 1. The van der Waals surface area contributed by atoms with E-state index >= 15 is 0 Å². The Morgan fingerprint density at radius 1 is 1.39 bits per heavy atom. The Morgan fingerprint density at radius 3 is 2.61 bits per heavy atom. The second kappa shape index (κ2) is 10.1. The second-order valence-corrected chi connectivity index (χ2v) is 7.42. The maximum absolute atomic E-state index is 13.0. The number of benzene rings is 1. The molecular weight excluding hydrogens is 406 g/mol. The maximum atomic E-state index is 13.0. The minimum atomic E-state index is -1.50. The fraction of sp³-hybridized carbons (Fsp3) is 0.429. The number of aromatic amines is 1. The minimum absolute atomic E-state index is 0.0864. The highest BCUT2D eigenvalue weighted by Gasteiger charge is 2.50.